The van der Waals surface area contributed by atoms with Gasteiger partial charge in [-0.3, -0.25) is 0 Å². The number of nitrogens with two attached hydrogens (primary N) is 1. The van der Waals surface area contributed by atoms with Gasteiger partial charge in [-0.05, 0) is 39.3 Å². The van der Waals surface area contributed by atoms with Crippen molar-refractivity contribution in [2.45, 2.75) is 32.7 Å². The molecule has 150 valence electrons. The molecule has 1 aliphatic rings. The number of nitriles is 1. The zero-order chi connectivity index (χ0) is 20.6. The van der Waals surface area contributed by atoms with Gasteiger partial charge in [-0.1, -0.05) is 12.1 Å². The Morgan fingerprint density at radius 2 is 1.76 bits per heavy atom. The van der Waals surface area contributed by atoms with Gasteiger partial charge in [0.25, 0.3) is 0 Å². The highest BCUT2D eigenvalue weighted by molar-refractivity contribution is 5.86. The highest BCUT2D eigenvalue weighted by Gasteiger charge is 2.23. The molecule has 2 N–H and O–H groups in total. The largest absolute Gasteiger partial charge is 0.383 e. The van der Waals surface area contributed by atoms with Crippen LogP contribution < -0.4 is 15.5 Å². The van der Waals surface area contributed by atoms with Gasteiger partial charge >= 0.3 is 0 Å². The highest BCUT2D eigenvalue weighted by Crippen LogP contribution is 2.27. The van der Waals surface area contributed by atoms with Crippen molar-refractivity contribution in [1.82, 2.24) is 19.7 Å². The predicted octanol–water partition coefficient (Wildman–Crippen LogP) is 2.75. The van der Waals surface area contributed by atoms with E-state index < -0.39 is 0 Å². The number of fused-ring (bicyclic) bond motifs is 1. The summed E-state index contributed by atoms with van der Waals surface area (Å²) in [5, 5.41) is 14.7. The number of hydrogen-bond donors (Lipinski definition) is 1. The van der Waals surface area contributed by atoms with Gasteiger partial charge in [0.2, 0.25) is 5.95 Å². The Hall–Kier alpha value is -3.34. The molecule has 1 fully saturated rings. The Bertz CT molecular complexity index is 1070. The Morgan fingerprint density at radius 1 is 1.03 bits per heavy atom. The van der Waals surface area contributed by atoms with E-state index in [0.717, 1.165) is 49.3 Å². The molecule has 2 aromatic heterocycles. The summed E-state index contributed by atoms with van der Waals surface area (Å²) >= 11 is 0. The van der Waals surface area contributed by atoms with Crippen LogP contribution in [0.3, 0.4) is 0 Å². The fourth-order valence-corrected chi connectivity index (χ4v) is 3.75. The van der Waals surface area contributed by atoms with Crippen molar-refractivity contribution in [2.75, 3.05) is 41.7 Å². The minimum absolute atomic E-state index is 0.198. The van der Waals surface area contributed by atoms with Gasteiger partial charge in [0.1, 0.15) is 11.9 Å². The molecule has 4 rings (SSSR count). The molecule has 0 atom stereocenters. The van der Waals surface area contributed by atoms with Crippen LogP contribution in [-0.2, 0) is 5.54 Å². The fraction of sp³-hybridized carbons (Fsp3) is 0.429. The lowest BCUT2D eigenvalue weighted by molar-refractivity contribution is 0.366. The van der Waals surface area contributed by atoms with Crippen LogP contribution in [0.25, 0.3) is 11.0 Å². The molecule has 0 saturated carbocycles. The van der Waals surface area contributed by atoms with Crippen molar-refractivity contribution in [2.24, 2.45) is 0 Å². The molecule has 0 aliphatic carbocycles. The van der Waals surface area contributed by atoms with Crippen molar-refractivity contribution >= 4 is 28.5 Å². The van der Waals surface area contributed by atoms with E-state index >= 15 is 0 Å². The molecule has 0 spiro atoms. The maximum Gasteiger partial charge on any atom is 0.229 e. The Balaban J connectivity index is 1.63. The molecule has 0 amide bonds. The fourth-order valence-electron chi connectivity index (χ4n) is 3.75. The summed E-state index contributed by atoms with van der Waals surface area (Å²) in [6, 6.07) is 10.0. The monoisotopic (exact) mass is 390 g/mol. The topological polar surface area (TPSA) is 99.9 Å². The van der Waals surface area contributed by atoms with Gasteiger partial charge in [-0.15, -0.1) is 0 Å². The van der Waals surface area contributed by atoms with Crippen molar-refractivity contribution in [3.63, 3.8) is 0 Å². The van der Waals surface area contributed by atoms with E-state index in [-0.39, 0.29) is 5.54 Å². The third kappa shape index (κ3) is 3.56. The SMILES string of the molecule is CC(C)(C)n1ncc2c(N)nc(N3CCCN(c4ccccc4C#N)CC3)nc21. The number of anilines is 3. The summed E-state index contributed by atoms with van der Waals surface area (Å²) in [5.41, 5.74) is 8.49. The molecule has 8 nitrogen and oxygen atoms in total. The van der Waals surface area contributed by atoms with Crippen LogP contribution in [0.4, 0.5) is 17.5 Å². The predicted molar refractivity (Wildman–Crippen MR) is 115 cm³/mol. The smallest absolute Gasteiger partial charge is 0.229 e. The quantitative estimate of drug-likeness (QED) is 0.718. The third-order valence-corrected chi connectivity index (χ3v) is 5.23. The summed E-state index contributed by atoms with van der Waals surface area (Å²) in [6.45, 7) is 9.54. The molecule has 0 bridgehead atoms. The molecular formula is C21H26N8. The van der Waals surface area contributed by atoms with Crippen molar-refractivity contribution in [3.8, 4) is 6.07 Å². The molecule has 29 heavy (non-hydrogen) atoms. The Kier molecular flexibility index (Phi) is 4.74. The third-order valence-electron chi connectivity index (χ3n) is 5.23. The first-order valence-electron chi connectivity index (χ1n) is 9.89. The summed E-state index contributed by atoms with van der Waals surface area (Å²) in [7, 11) is 0. The van der Waals surface area contributed by atoms with Crippen LogP contribution >= 0.6 is 0 Å². The lowest BCUT2D eigenvalue weighted by Crippen LogP contribution is -2.32. The number of hydrogen-bond acceptors (Lipinski definition) is 7. The number of para-hydroxylation sites is 1. The lowest BCUT2D eigenvalue weighted by atomic mass is 10.1. The zero-order valence-corrected chi connectivity index (χ0v) is 17.1. The first-order chi connectivity index (χ1) is 13.9. The zero-order valence-electron chi connectivity index (χ0n) is 17.1. The molecule has 0 radical (unpaired) electrons. The minimum atomic E-state index is -0.198. The van der Waals surface area contributed by atoms with Crippen molar-refractivity contribution in [3.05, 3.63) is 36.0 Å². The summed E-state index contributed by atoms with van der Waals surface area (Å²) in [5.74, 6) is 1.09. The van der Waals surface area contributed by atoms with Crippen LogP contribution in [0.2, 0.25) is 0 Å². The van der Waals surface area contributed by atoms with E-state index in [1.165, 1.54) is 0 Å². The van der Waals surface area contributed by atoms with Crippen LogP contribution in [0.5, 0.6) is 0 Å². The van der Waals surface area contributed by atoms with Crippen LogP contribution in [0.1, 0.15) is 32.8 Å². The maximum atomic E-state index is 9.42. The normalized spacial score (nSPS) is 15.4. The van der Waals surface area contributed by atoms with Gasteiger partial charge in [0, 0.05) is 26.2 Å². The van der Waals surface area contributed by atoms with Crippen LogP contribution in [0, 0.1) is 11.3 Å². The lowest BCUT2D eigenvalue weighted by Gasteiger charge is -2.25. The summed E-state index contributed by atoms with van der Waals surface area (Å²) in [4.78, 5) is 13.8. The average molecular weight is 390 g/mol. The number of aromatic nitrogens is 4. The number of nitrogens with zero attached hydrogens (tertiary/aromatic N) is 7. The summed E-state index contributed by atoms with van der Waals surface area (Å²) < 4.78 is 1.90. The second-order valence-corrected chi connectivity index (χ2v) is 8.33. The van der Waals surface area contributed by atoms with Crippen molar-refractivity contribution in [1.29, 1.82) is 5.26 Å². The van der Waals surface area contributed by atoms with Crippen molar-refractivity contribution < 1.29 is 0 Å². The second-order valence-electron chi connectivity index (χ2n) is 8.33. The number of nitrogen functional groups attached to an aromatic ring is 1. The van der Waals surface area contributed by atoms with E-state index in [9.17, 15) is 5.26 Å². The first-order valence-corrected chi connectivity index (χ1v) is 9.89. The Morgan fingerprint density at radius 3 is 2.52 bits per heavy atom. The van der Waals surface area contributed by atoms with Gasteiger partial charge in [-0.2, -0.15) is 20.3 Å². The van der Waals surface area contributed by atoms with E-state index in [0.29, 0.717) is 17.3 Å². The summed E-state index contributed by atoms with van der Waals surface area (Å²) in [6.07, 6.45) is 2.68. The minimum Gasteiger partial charge on any atom is -0.383 e. The average Bonchev–Trinajstić information content (AvgIpc) is 2.99. The molecule has 8 heteroatoms. The molecule has 1 saturated heterocycles. The molecular weight excluding hydrogens is 364 g/mol. The molecule has 3 aromatic rings. The standard InChI is InChI=1S/C21H26N8/c1-21(2,3)29-19-16(14-24-29)18(23)25-20(26-19)28-10-6-9-27(11-12-28)17-8-5-4-7-15(17)13-22/h4-5,7-8,14H,6,9-12H2,1-3H3,(H2,23,25,26). The van der Waals surface area contributed by atoms with E-state index in [1.54, 1.807) is 6.20 Å². The van der Waals surface area contributed by atoms with Crippen LogP contribution in [-0.4, -0.2) is 45.9 Å². The number of rotatable bonds is 2. The second kappa shape index (κ2) is 7.24. The van der Waals surface area contributed by atoms with Gasteiger partial charge in [-0.25, -0.2) is 4.68 Å². The van der Waals surface area contributed by atoms with Gasteiger partial charge in [0.15, 0.2) is 5.65 Å². The molecule has 0 unspecified atom stereocenters. The molecule has 3 heterocycles. The maximum absolute atomic E-state index is 9.42. The van der Waals surface area contributed by atoms with Crippen LogP contribution in [0.15, 0.2) is 30.5 Å². The van der Waals surface area contributed by atoms with E-state index in [2.05, 4.69) is 46.7 Å². The van der Waals surface area contributed by atoms with E-state index in [1.807, 2.05) is 28.9 Å². The number of benzene rings is 1. The highest BCUT2D eigenvalue weighted by atomic mass is 15.4. The first kappa shape index (κ1) is 19.0. The molecule has 1 aliphatic heterocycles. The van der Waals surface area contributed by atoms with E-state index in [4.69, 9.17) is 10.7 Å². The molecule has 1 aromatic carbocycles. The van der Waals surface area contributed by atoms with Gasteiger partial charge in [0.05, 0.1) is 28.4 Å². The Labute approximate surface area is 170 Å². The van der Waals surface area contributed by atoms with Gasteiger partial charge < -0.3 is 15.5 Å².